The minimum Gasteiger partial charge on any atom is -0.493 e. The first-order valence-corrected chi connectivity index (χ1v) is 9.21. The van der Waals surface area contributed by atoms with E-state index in [1.807, 2.05) is 30.0 Å². The van der Waals surface area contributed by atoms with Crippen LogP contribution in [0.1, 0.15) is 29.7 Å². The third-order valence-corrected chi connectivity index (χ3v) is 4.87. The van der Waals surface area contributed by atoms with Crippen molar-refractivity contribution in [3.8, 4) is 11.5 Å². The fourth-order valence-electron chi connectivity index (χ4n) is 3.40. The van der Waals surface area contributed by atoms with Crippen molar-refractivity contribution in [3.63, 3.8) is 0 Å². The van der Waals surface area contributed by atoms with E-state index >= 15 is 0 Å². The zero-order chi connectivity index (χ0) is 19.4. The largest absolute Gasteiger partial charge is 0.493 e. The van der Waals surface area contributed by atoms with Crippen LogP contribution in [0, 0.1) is 6.92 Å². The second-order valence-electron chi connectivity index (χ2n) is 7.01. The third kappa shape index (κ3) is 4.61. The Hall–Kier alpha value is -2.53. The summed E-state index contributed by atoms with van der Waals surface area (Å²) in [6.07, 6.45) is 0.233. The number of carbonyl (C=O) groups is 1. The topological polar surface area (TPSA) is 48.0 Å². The molecule has 1 amide bonds. The first kappa shape index (κ1) is 19.2. The van der Waals surface area contributed by atoms with Crippen LogP contribution in [-0.2, 0) is 16.0 Å². The number of carbonyl (C=O) groups excluding carboxylic acids is 1. The summed E-state index contributed by atoms with van der Waals surface area (Å²) >= 11 is 0. The molecule has 1 fully saturated rings. The van der Waals surface area contributed by atoms with Crippen LogP contribution in [0.3, 0.4) is 0 Å². The van der Waals surface area contributed by atoms with Gasteiger partial charge in [-0.1, -0.05) is 35.9 Å². The number of ether oxygens (including phenoxy) is 3. The van der Waals surface area contributed by atoms with Crippen LogP contribution in [0.2, 0.25) is 0 Å². The van der Waals surface area contributed by atoms with Crippen LogP contribution in [0.5, 0.6) is 11.5 Å². The Bertz CT molecular complexity index is 787. The SMILES string of the molecule is COc1ccc(CC(=O)N2CC(C)OC(c3ccc(C)cc3)C2)cc1OC. The summed E-state index contributed by atoms with van der Waals surface area (Å²) in [4.78, 5) is 14.8. The minimum absolute atomic E-state index is 0.000549. The first-order valence-electron chi connectivity index (χ1n) is 9.21. The number of morpholine rings is 1. The second-order valence-corrected chi connectivity index (χ2v) is 7.01. The normalized spacial score (nSPS) is 19.6. The lowest BCUT2D eigenvalue weighted by atomic mass is 10.0. The highest BCUT2D eigenvalue weighted by Crippen LogP contribution is 2.29. The van der Waals surface area contributed by atoms with E-state index in [1.165, 1.54) is 5.56 Å². The maximum Gasteiger partial charge on any atom is 0.227 e. The Balaban J connectivity index is 1.71. The van der Waals surface area contributed by atoms with Crippen LogP contribution < -0.4 is 9.47 Å². The van der Waals surface area contributed by atoms with Crippen molar-refractivity contribution >= 4 is 5.91 Å². The van der Waals surface area contributed by atoms with Gasteiger partial charge < -0.3 is 19.1 Å². The van der Waals surface area contributed by atoms with Gasteiger partial charge in [0, 0.05) is 6.54 Å². The van der Waals surface area contributed by atoms with E-state index in [0.717, 1.165) is 11.1 Å². The molecule has 2 aromatic rings. The molecule has 0 N–H and O–H groups in total. The van der Waals surface area contributed by atoms with Gasteiger partial charge in [0.25, 0.3) is 0 Å². The summed E-state index contributed by atoms with van der Waals surface area (Å²) in [5, 5.41) is 0. The molecule has 0 bridgehead atoms. The van der Waals surface area contributed by atoms with Crippen molar-refractivity contribution in [3.05, 3.63) is 59.2 Å². The van der Waals surface area contributed by atoms with Gasteiger partial charge in [-0.05, 0) is 37.1 Å². The lowest BCUT2D eigenvalue weighted by molar-refractivity contribution is -0.144. The van der Waals surface area contributed by atoms with Gasteiger partial charge in [-0.3, -0.25) is 4.79 Å². The molecule has 144 valence electrons. The van der Waals surface area contributed by atoms with Gasteiger partial charge in [-0.2, -0.15) is 0 Å². The number of rotatable bonds is 5. The maximum absolute atomic E-state index is 12.9. The predicted molar refractivity (Wildman–Crippen MR) is 104 cm³/mol. The van der Waals surface area contributed by atoms with Crippen LogP contribution in [-0.4, -0.2) is 44.2 Å². The van der Waals surface area contributed by atoms with Crippen molar-refractivity contribution in [2.75, 3.05) is 27.3 Å². The summed E-state index contributed by atoms with van der Waals surface area (Å²) in [5.41, 5.74) is 3.23. The molecule has 1 heterocycles. The van der Waals surface area contributed by atoms with Gasteiger partial charge in [0.15, 0.2) is 11.5 Å². The van der Waals surface area contributed by atoms with E-state index in [-0.39, 0.29) is 18.1 Å². The van der Waals surface area contributed by atoms with Crippen LogP contribution in [0.4, 0.5) is 0 Å². The average molecular weight is 369 g/mol. The molecule has 0 radical (unpaired) electrons. The predicted octanol–water partition coefficient (Wildman–Crippen LogP) is 3.54. The Labute approximate surface area is 160 Å². The molecule has 0 spiro atoms. The maximum atomic E-state index is 12.9. The van der Waals surface area contributed by atoms with Crippen molar-refractivity contribution in [1.82, 2.24) is 4.90 Å². The number of nitrogens with zero attached hydrogens (tertiary/aromatic N) is 1. The summed E-state index contributed by atoms with van der Waals surface area (Å²) in [6.45, 7) is 5.25. The Morgan fingerprint density at radius 1 is 1.07 bits per heavy atom. The molecule has 0 aliphatic carbocycles. The summed E-state index contributed by atoms with van der Waals surface area (Å²) in [7, 11) is 3.20. The fraction of sp³-hybridized carbons (Fsp3) is 0.409. The first-order chi connectivity index (χ1) is 13.0. The average Bonchev–Trinajstić information content (AvgIpc) is 2.67. The van der Waals surface area contributed by atoms with Gasteiger partial charge in [0.1, 0.15) is 6.10 Å². The monoisotopic (exact) mass is 369 g/mol. The smallest absolute Gasteiger partial charge is 0.227 e. The molecular weight excluding hydrogens is 342 g/mol. The van der Waals surface area contributed by atoms with Gasteiger partial charge >= 0.3 is 0 Å². The molecule has 1 saturated heterocycles. The molecule has 1 aliphatic rings. The molecule has 1 aliphatic heterocycles. The lowest BCUT2D eigenvalue weighted by Crippen LogP contribution is -2.46. The van der Waals surface area contributed by atoms with E-state index < -0.39 is 0 Å². The number of amides is 1. The molecule has 2 aromatic carbocycles. The summed E-state index contributed by atoms with van der Waals surface area (Å²) < 4.78 is 16.7. The molecule has 5 heteroatoms. The zero-order valence-electron chi connectivity index (χ0n) is 16.4. The van der Waals surface area contributed by atoms with Gasteiger partial charge in [-0.15, -0.1) is 0 Å². The fourth-order valence-corrected chi connectivity index (χ4v) is 3.40. The molecule has 0 aromatic heterocycles. The van der Waals surface area contributed by atoms with E-state index in [9.17, 15) is 4.79 Å². The Morgan fingerprint density at radius 2 is 1.78 bits per heavy atom. The van der Waals surface area contributed by atoms with Crippen molar-refractivity contribution in [2.45, 2.75) is 32.5 Å². The Kier molecular flexibility index (Phi) is 6.01. The standard InChI is InChI=1S/C22H27NO4/c1-15-5-8-18(9-6-15)21-14-23(13-16(2)27-21)22(24)12-17-7-10-19(25-3)20(11-17)26-4/h5-11,16,21H,12-14H2,1-4H3. The van der Waals surface area contributed by atoms with Crippen LogP contribution >= 0.6 is 0 Å². The molecule has 27 heavy (non-hydrogen) atoms. The van der Waals surface area contributed by atoms with Crippen molar-refractivity contribution in [2.24, 2.45) is 0 Å². The third-order valence-electron chi connectivity index (χ3n) is 4.87. The number of benzene rings is 2. The molecular formula is C22H27NO4. The van der Waals surface area contributed by atoms with Gasteiger partial charge in [0.2, 0.25) is 5.91 Å². The Morgan fingerprint density at radius 3 is 2.44 bits per heavy atom. The lowest BCUT2D eigenvalue weighted by Gasteiger charge is -2.37. The minimum atomic E-state index is -0.0938. The van der Waals surface area contributed by atoms with Crippen LogP contribution in [0.25, 0.3) is 0 Å². The molecule has 5 nitrogen and oxygen atoms in total. The number of methoxy groups -OCH3 is 2. The zero-order valence-corrected chi connectivity index (χ0v) is 16.4. The van der Waals surface area contributed by atoms with Crippen LogP contribution in [0.15, 0.2) is 42.5 Å². The quantitative estimate of drug-likeness (QED) is 0.809. The van der Waals surface area contributed by atoms with Crippen molar-refractivity contribution in [1.29, 1.82) is 0 Å². The molecule has 2 atom stereocenters. The molecule has 3 rings (SSSR count). The summed E-state index contributed by atoms with van der Waals surface area (Å²) in [5.74, 6) is 1.39. The highest BCUT2D eigenvalue weighted by atomic mass is 16.5. The van der Waals surface area contributed by atoms with Gasteiger partial charge in [0.05, 0.1) is 33.3 Å². The summed E-state index contributed by atoms with van der Waals surface area (Å²) in [6, 6.07) is 13.9. The molecule has 0 saturated carbocycles. The highest BCUT2D eigenvalue weighted by molar-refractivity contribution is 5.79. The number of aryl methyl sites for hydroxylation is 1. The van der Waals surface area contributed by atoms with Gasteiger partial charge in [-0.25, -0.2) is 0 Å². The second kappa shape index (κ2) is 8.44. The number of hydrogen-bond acceptors (Lipinski definition) is 4. The van der Waals surface area contributed by atoms with E-state index in [1.54, 1.807) is 14.2 Å². The van der Waals surface area contributed by atoms with Crippen molar-refractivity contribution < 1.29 is 19.0 Å². The van der Waals surface area contributed by atoms with E-state index in [2.05, 4.69) is 31.2 Å². The number of hydrogen-bond donors (Lipinski definition) is 0. The highest BCUT2D eigenvalue weighted by Gasteiger charge is 2.29. The van der Waals surface area contributed by atoms with E-state index in [0.29, 0.717) is 31.0 Å². The van der Waals surface area contributed by atoms with E-state index in [4.69, 9.17) is 14.2 Å². The molecule has 2 unspecified atom stereocenters.